The summed E-state index contributed by atoms with van der Waals surface area (Å²) in [5.41, 5.74) is 4.77. The molecule has 174 valence electrons. The van der Waals surface area contributed by atoms with E-state index in [0.717, 1.165) is 57.5 Å². The quantitative estimate of drug-likeness (QED) is 0.772. The number of anilines is 1. The molecule has 2 aromatic rings. The summed E-state index contributed by atoms with van der Waals surface area (Å²) < 4.78 is 0. The molecule has 3 heterocycles. The molecule has 1 amide bonds. The Kier molecular flexibility index (Phi) is 6.79. The number of hydrogen-bond acceptors (Lipinski definition) is 4. The molecule has 3 aliphatic rings. The monoisotopic (exact) mass is 445 g/mol. The minimum Gasteiger partial charge on any atom is -0.391 e. The lowest BCUT2D eigenvalue weighted by atomic mass is 9.96. The topological polar surface area (TPSA) is 47.0 Å². The molecule has 0 saturated carbocycles. The van der Waals surface area contributed by atoms with E-state index in [1.165, 1.54) is 29.7 Å². The zero-order chi connectivity index (χ0) is 22.6. The molecular formula is C28H35N3O2. The first kappa shape index (κ1) is 22.2. The highest BCUT2D eigenvalue weighted by molar-refractivity contribution is 5.94. The van der Waals surface area contributed by atoms with Crippen LogP contribution in [-0.2, 0) is 0 Å². The number of aliphatic hydroxyl groups excluding tert-OH is 1. The summed E-state index contributed by atoms with van der Waals surface area (Å²) in [4.78, 5) is 19.6. The van der Waals surface area contributed by atoms with Crippen LogP contribution in [0.15, 0.2) is 60.7 Å². The Morgan fingerprint density at radius 3 is 2.30 bits per heavy atom. The first-order chi connectivity index (χ1) is 16.2. The maximum Gasteiger partial charge on any atom is 0.253 e. The standard InChI is InChI=1S/C28H35N3O2/c32-27-7-4-16-31(21-27)28(33)24-8-10-25(11-9-24)30-19-14-26(15-20-30)29-17-12-23(13-18-29)22-5-2-1-3-6-22/h1-3,5-6,8-12,26-27,32H,4,7,13-21H2. The number of piperidine rings is 2. The zero-order valence-corrected chi connectivity index (χ0v) is 19.4. The molecule has 5 heteroatoms. The molecule has 0 bridgehead atoms. The van der Waals surface area contributed by atoms with Crippen LogP contribution in [0, 0.1) is 0 Å². The molecule has 1 unspecified atom stereocenters. The van der Waals surface area contributed by atoms with Crippen molar-refractivity contribution in [3.63, 3.8) is 0 Å². The van der Waals surface area contributed by atoms with E-state index in [9.17, 15) is 9.90 Å². The van der Waals surface area contributed by atoms with Gasteiger partial charge in [-0.3, -0.25) is 9.69 Å². The van der Waals surface area contributed by atoms with Crippen LogP contribution >= 0.6 is 0 Å². The van der Waals surface area contributed by atoms with Crippen LogP contribution < -0.4 is 4.90 Å². The van der Waals surface area contributed by atoms with Crippen molar-refractivity contribution in [2.45, 2.75) is 44.2 Å². The van der Waals surface area contributed by atoms with E-state index in [1.54, 1.807) is 4.90 Å². The summed E-state index contributed by atoms with van der Waals surface area (Å²) in [7, 11) is 0. The second-order valence-corrected chi connectivity index (χ2v) is 9.65. The normalized spacial score (nSPS) is 22.8. The van der Waals surface area contributed by atoms with Crippen LogP contribution in [0.2, 0.25) is 0 Å². The Morgan fingerprint density at radius 2 is 1.64 bits per heavy atom. The molecule has 5 nitrogen and oxygen atoms in total. The highest BCUT2D eigenvalue weighted by atomic mass is 16.3. The van der Waals surface area contributed by atoms with E-state index >= 15 is 0 Å². The van der Waals surface area contributed by atoms with Gasteiger partial charge in [0.2, 0.25) is 0 Å². The van der Waals surface area contributed by atoms with Gasteiger partial charge in [0.15, 0.2) is 0 Å². The summed E-state index contributed by atoms with van der Waals surface area (Å²) in [6.07, 6.45) is 7.20. The van der Waals surface area contributed by atoms with E-state index in [0.29, 0.717) is 12.6 Å². The molecule has 1 atom stereocenters. The SMILES string of the molecule is O=C(c1ccc(N2CCC(N3CC=C(c4ccccc4)CC3)CC2)cc1)N1CCCC(O)C1. The van der Waals surface area contributed by atoms with Crippen LogP contribution in [-0.4, -0.2) is 72.2 Å². The number of rotatable bonds is 4. The van der Waals surface area contributed by atoms with Crippen LogP contribution in [0.4, 0.5) is 5.69 Å². The Bertz CT molecular complexity index is 964. The molecule has 0 aliphatic carbocycles. The summed E-state index contributed by atoms with van der Waals surface area (Å²) in [6.45, 7) is 5.50. The van der Waals surface area contributed by atoms with Gasteiger partial charge in [-0.25, -0.2) is 0 Å². The second kappa shape index (κ2) is 10.1. The van der Waals surface area contributed by atoms with Crippen LogP contribution in [0.5, 0.6) is 0 Å². The predicted molar refractivity (Wildman–Crippen MR) is 133 cm³/mol. The van der Waals surface area contributed by atoms with E-state index in [4.69, 9.17) is 0 Å². The van der Waals surface area contributed by atoms with Gasteiger partial charge in [0.25, 0.3) is 5.91 Å². The summed E-state index contributed by atoms with van der Waals surface area (Å²) >= 11 is 0. The van der Waals surface area contributed by atoms with Gasteiger partial charge in [-0.15, -0.1) is 0 Å². The fourth-order valence-corrected chi connectivity index (χ4v) is 5.56. The van der Waals surface area contributed by atoms with Crippen molar-refractivity contribution in [2.75, 3.05) is 44.2 Å². The van der Waals surface area contributed by atoms with Crippen molar-refractivity contribution in [3.05, 3.63) is 71.8 Å². The Balaban J connectivity index is 1.13. The van der Waals surface area contributed by atoms with Crippen molar-refractivity contribution in [1.82, 2.24) is 9.80 Å². The van der Waals surface area contributed by atoms with E-state index in [-0.39, 0.29) is 12.0 Å². The number of likely N-dealkylation sites (tertiary alicyclic amines) is 1. The smallest absolute Gasteiger partial charge is 0.253 e. The van der Waals surface area contributed by atoms with Gasteiger partial charge in [0, 0.05) is 56.6 Å². The lowest BCUT2D eigenvalue weighted by molar-refractivity contribution is 0.0474. The lowest BCUT2D eigenvalue weighted by Crippen LogP contribution is -2.46. The summed E-state index contributed by atoms with van der Waals surface area (Å²) in [6, 6.07) is 19.5. The fraction of sp³-hybridized carbons (Fsp3) is 0.464. The van der Waals surface area contributed by atoms with Gasteiger partial charge in [-0.1, -0.05) is 36.4 Å². The van der Waals surface area contributed by atoms with E-state index < -0.39 is 0 Å². The molecule has 0 aromatic heterocycles. The number of amides is 1. The van der Waals surface area contributed by atoms with Crippen LogP contribution in [0.25, 0.3) is 5.57 Å². The fourth-order valence-electron chi connectivity index (χ4n) is 5.56. The average molecular weight is 446 g/mol. The summed E-state index contributed by atoms with van der Waals surface area (Å²) in [5.74, 6) is 0.0343. The summed E-state index contributed by atoms with van der Waals surface area (Å²) in [5, 5.41) is 9.86. The predicted octanol–water partition coefficient (Wildman–Crippen LogP) is 4.04. The van der Waals surface area contributed by atoms with Gasteiger partial charge in [0.1, 0.15) is 0 Å². The van der Waals surface area contributed by atoms with E-state index in [1.807, 2.05) is 12.1 Å². The van der Waals surface area contributed by atoms with Gasteiger partial charge in [-0.05, 0) is 67.5 Å². The molecule has 33 heavy (non-hydrogen) atoms. The molecule has 5 rings (SSSR count). The maximum absolute atomic E-state index is 12.8. The van der Waals surface area contributed by atoms with Gasteiger partial charge in [0.05, 0.1) is 6.10 Å². The first-order valence-corrected chi connectivity index (χ1v) is 12.5. The Labute approximate surface area is 197 Å². The van der Waals surface area contributed by atoms with Gasteiger partial charge >= 0.3 is 0 Å². The molecule has 2 fully saturated rings. The number of carbonyl (C=O) groups excluding carboxylic acids is 1. The first-order valence-electron chi connectivity index (χ1n) is 12.5. The maximum atomic E-state index is 12.8. The second-order valence-electron chi connectivity index (χ2n) is 9.65. The third kappa shape index (κ3) is 5.15. The molecule has 2 aromatic carbocycles. The van der Waals surface area contributed by atoms with Crippen LogP contribution in [0.1, 0.15) is 48.0 Å². The number of nitrogens with zero attached hydrogens (tertiary/aromatic N) is 3. The molecular weight excluding hydrogens is 410 g/mol. The number of carbonyl (C=O) groups is 1. The molecule has 3 aliphatic heterocycles. The molecule has 1 N–H and O–H groups in total. The lowest BCUT2D eigenvalue weighted by Gasteiger charge is -2.40. The highest BCUT2D eigenvalue weighted by Crippen LogP contribution is 2.28. The van der Waals surface area contributed by atoms with Crippen molar-refractivity contribution >= 4 is 17.2 Å². The number of benzene rings is 2. The number of hydrogen-bond donors (Lipinski definition) is 1. The van der Waals surface area contributed by atoms with Crippen molar-refractivity contribution in [3.8, 4) is 0 Å². The van der Waals surface area contributed by atoms with Crippen molar-refractivity contribution < 1.29 is 9.90 Å². The zero-order valence-electron chi connectivity index (χ0n) is 19.4. The molecule has 0 spiro atoms. The average Bonchev–Trinajstić information content (AvgIpc) is 2.89. The minimum atomic E-state index is -0.386. The van der Waals surface area contributed by atoms with Crippen LogP contribution in [0.3, 0.4) is 0 Å². The molecule has 2 saturated heterocycles. The Morgan fingerprint density at radius 1 is 0.879 bits per heavy atom. The third-order valence-electron chi connectivity index (χ3n) is 7.53. The third-order valence-corrected chi connectivity index (χ3v) is 7.53. The van der Waals surface area contributed by atoms with Crippen molar-refractivity contribution in [1.29, 1.82) is 0 Å². The van der Waals surface area contributed by atoms with Gasteiger partial charge < -0.3 is 14.9 Å². The van der Waals surface area contributed by atoms with Crippen molar-refractivity contribution in [2.24, 2.45) is 0 Å². The molecule has 0 radical (unpaired) electrons. The Hall–Kier alpha value is -2.63. The minimum absolute atomic E-state index is 0.0343. The number of aliphatic hydroxyl groups is 1. The largest absolute Gasteiger partial charge is 0.391 e. The van der Waals surface area contributed by atoms with Gasteiger partial charge in [-0.2, -0.15) is 0 Å². The van der Waals surface area contributed by atoms with E-state index in [2.05, 4.69) is 58.3 Å². The highest BCUT2D eigenvalue weighted by Gasteiger charge is 2.27. The number of β-amino-alcohol motifs (C(OH)–C–C–N with tert-alkyl or cyclic N) is 1.